The molecule has 25 heavy (non-hydrogen) atoms. The molecule has 0 saturated carbocycles. The number of aromatic nitrogens is 2. The molecule has 0 amide bonds. The van der Waals surface area contributed by atoms with E-state index in [4.69, 9.17) is 4.74 Å². The van der Waals surface area contributed by atoms with E-state index in [9.17, 15) is 5.26 Å². The zero-order valence-corrected chi connectivity index (χ0v) is 17.8. The van der Waals surface area contributed by atoms with Crippen molar-refractivity contribution in [1.29, 1.82) is 5.26 Å². The Morgan fingerprint density at radius 1 is 1.32 bits per heavy atom. The Bertz CT molecular complexity index is 953. The van der Waals surface area contributed by atoms with Crippen molar-refractivity contribution in [2.75, 3.05) is 6.61 Å². The van der Waals surface area contributed by atoms with Crippen molar-refractivity contribution in [1.82, 2.24) is 9.97 Å². The number of nitriles is 1. The second-order valence-electron chi connectivity index (χ2n) is 5.43. The average Bonchev–Trinajstić information content (AvgIpc) is 3.02. The van der Waals surface area contributed by atoms with E-state index in [-0.39, 0.29) is 0 Å². The SMILES string of the molecule is CCCOc1c(I)cc(I)cc1C=C(C#N)c1nc2ccccc2[nH]1. The standard InChI is InChI=1S/C19H15I2N3O/c1-2-7-25-18-12(9-14(20)10-15(18)21)8-13(11-22)19-23-16-5-3-4-6-17(16)24-19/h3-6,8-10H,2,7H2,1H3,(H,23,24). The number of aromatic amines is 1. The maximum Gasteiger partial charge on any atom is 0.149 e. The van der Waals surface area contributed by atoms with Crippen LogP contribution in [-0.2, 0) is 0 Å². The summed E-state index contributed by atoms with van der Waals surface area (Å²) in [6.07, 6.45) is 2.77. The van der Waals surface area contributed by atoms with Crippen molar-refractivity contribution in [3.63, 3.8) is 0 Å². The summed E-state index contributed by atoms with van der Waals surface area (Å²) < 4.78 is 8.05. The highest BCUT2D eigenvalue weighted by Gasteiger charge is 2.12. The summed E-state index contributed by atoms with van der Waals surface area (Å²) in [4.78, 5) is 7.74. The number of hydrogen-bond acceptors (Lipinski definition) is 3. The van der Waals surface area contributed by atoms with Crippen LogP contribution in [0, 0.1) is 18.5 Å². The number of rotatable bonds is 5. The van der Waals surface area contributed by atoms with E-state index in [0.717, 1.165) is 35.9 Å². The van der Waals surface area contributed by atoms with Crippen LogP contribution in [0.3, 0.4) is 0 Å². The third-order valence-electron chi connectivity index (χ3n) is 3.55. The molecular weight excluding hydrogens is 540 g/mol. The smallest absolute Gasteiger partial charge is 0.149 e. The molecule has 0 spiro atoms. The zero-order valence-electron chi connectivity index (χ0n) is 13.5. The first-order valence-electron chi connectivity index (χ1n) is 7.81. The van der Waals surface area contributed by atoms with E-state index in [1.54, 1.807) is 0 Å². The molecular formula is C19H15I2N3O. The van der Waals surface area contributed by atoms with Gasteiger partial charge in [-0.2, -0.15) is 5.26 Å². The summed E-state index contributed by atoms with van der Waals surface area (Å²) >= 11 is 4.55. The topological polar surface area (TPSA) is 61.7 Å². The number of allylic oxidation sites excluding steroid dienone is 1. The fourth-order valence-electron chi connectivity index (χ4n) is 2.43. The molecule has 0 aliphatic carbocycles. The Balaban J connectivity index is 2.09. The quantitative estimate of drug-likeness (QED) is 0.329. The van der Waals surface area contributed by atoms with Gasteiger partial charge in [-0.25, -0.2) is 4.98 Å². The lowest BCUT2D eigenvalue weighted by Crippen LogP contribution is -2.00. The lowest BCUT2D eigenvalue weighted by molar-refractivity contribution is 0.314. The van der Waals surface area contributed by atoms with E-state index in [2.05, 4.69) is 74.2 Å². The Labute approximate surface area is 173 Å². The molecule has 0 unspecified atom stereocenters. The minimum Gasteiger partial charge on any atom is -0.492 e. The van der Waals surface area contributed by atoms with Gasteiger partial charge in [0.2, 0.25) is 0 Å². The number of H-pyrrole nitrogens is 1. The number of hydrogen-bond donors (Lipinski definition) is 1. The van der Waals surface area contributed by atoms with Gasteiger partial charge in [-0.3, -0.25) is 0 Å². The molecule has 0 aliphatic rings. The second-order valence-corrected chi connectivity index (χ2v) is 7.83. The van der Waals surface area contributed by atoms with Gasteiger partial charge in [-0.1, -0.05) is 19.1 Å². The van der Waals surface area contributed by atoms with E-state index in [0.29, 0.717) is 18.0 Å². The van der Waals surface area contributed by atoms with Crippen molar-refractivity contribution in [2.45, 2.75) is 13.3 Å². The van der Waals surface area contributed by atoms with Crippen LogP contribution in [0.2, 0.25) is 0 Å². The fraction of sp³-hybridized carbons (Fsp3) is 0.158. The third-order valence-corrected chi connectivity index (χ3v) is 4.98. The molecule has 0 aliphatic heterocycles. The second kappa shape index (κ2) is 8.19. The van der Waals surface area contributed by atoms with E-state index in [1.165, 1.54) is 0 Å². The first kappa shape index (κ1) is 18.2. The van der Waals surface area contributed by atoms with Crippen LogP contribution in [0.5, 0.6) is 5.75 Å². The highest BCUT2D eigenvalue weighted by molar-refractivity contribution is 14.1. The lowest BCUT2D eigenvalue weighted by atomic mass is 10.1. The first-order valence-corrected chi connectivity index (χ1v) is 9.97. The molecule has 0 bridgehead atoms. The van der Waals surface area contributed by atoms with Gasteiger partial charge in [0, 0.05) is 9.13 Å². The van der Waals surface area contributed by atoms with Crippen LogP contribution < -0.4 is 4.74 Å². The molecule has 4 nitrogen and oxygen atoms in total. The van der Waals surface area contributed by atoms with Gasteiger partial charge in [0.15, 0.2) is 0 Å². The van der Waals surface area contributed by atoms with Crippen molar-refractivity contribution in [2.24, 2.45) is 0 Å². The number of imidazole rings is 1. The van der Waals surface area contributed by atoms with Gasteiger partial charge in [-0.15, -0.1) is 0 Å². The minimum atomic E-state index is 0.482. The number of fused-ring (bicyclic) bond motifs is 1. The van der Waals surface area contributed by atoms with Crippen molar-refractivity contribution < 1.29 is 4.74 Å². The van der Waals surface area contributed by atoms with Gasteiger partial charge in [0.05, 0.1) is 26.8 Å². The third kappa shape index (κ3) is 4.15. The van der Waals surface area contributed by atoms with Crippen LogP contribution in [0.15, 0.2) is 36.4 Å². The highest BCUT2D eigenvalue weighted by Crippen LogP contribution is 2.31. The number of halogens is 2. The molecule has 0 fully saturated rings. The van der Waals surface area contributed by atoms with Gasteiger partial charge >= 0.3 is 0 Å². The molecule has 3 aromatic rings. The Morgan fingerprint density at radius 2 is 2.12 bits per heavy atom. The molecule has 1 N–H and O–H groups in total. The number of nitrogens with one attached hydrogen (secondary N) is 1. The molecule has 1 aromatic heterocycles. The van der Waals surface area contributed by atoms with E-state index >= 15 is 0 Å². The predicted octanol–water partition coefficient (Wildman–Crippen LogP) is 5.63. The van der Waals surface area contributed by atoms with Crippen LogP contribution in [0.4, 0.5) is 0 Å². The number of para-hydroxylation sites is 2. The highest BCUT2D eigenvalue weighted by atomic mass is 127. The Hall–Kier alpha value is -1.60. The van der Waals surface area contributed by atoms with Gasteiger partial charge in [0.25, 0.3) is 0 Å². The molecule has 0 saturated heterocycles. The number of ether oxygens (including phenoxy) is 1. The summed E-state index contributed by atoms with van der Waals surface area (Å²) in [5.41, 5.74) is 3.13. The van der Waals surface area contributed by atoms with E-state index in [1.807, 2.05) is 36.4 Å². The summed E-state index contributed by atoms with van der Waals surface area (Å²) in [6, 6.07) is 14.1. The monoisotopic (exact) mass is 555 g/mol. The fourth-order valence-corrected chi connectivity index (χ4v) is 4.48. The summed E-state index contributed by atoms with van der Waals surface area (Å²) in [7, 11) is 0. The molecule has 6 heteroatoms. The largest absolute Gasteiger partial charge is 0.492 e. The summed E-state index contributed by atoms with van der Waals surface area (Å²) in [6.45, 7) is 2.72. The van der Waals surface area contributed by atoms with Gasteiger partial charge in [0.1, 0.15) is 17.6 Å². The van der Waals surface area contributed by atoms with Gasteiger partial charge < -0.3 is 9.72 Å². The Morgan fingerprint density at radius 3 is 2.84 bits per heavy atom. The lowest BCUT2D eigenvalue weighted by Gasteiger charge is -2.11. The van der Waals surface area contributed by atoms with Crippen LogP contribution in [0.25, 0.3) is 22.7 Å². The predicted molar refractivity (Wildman–Crippen MR) is 117 cm³/mol. The molecule has 1 heterocycles. The molecule has 2 aromatic carbocycles. The maximum atomic E-state index is 9.65. The maximum absolute atomic E-state index is 9.65. The number of benzene rings is 2. The summed E-state index contributed by atoms with van der Waals surface area (Å²) in [5, 5.41) is 9.65. The number of nitrogens with zero attached hydrogens (tertiary/aromatic N) is 2. The Kier molecular flexibility index (Phi) is 5.96. The minimum absolute atomic E-state index is 0.482. The van der Waals surface area contributed by atoms with Crippen LogP contribution in [-0.4, -0.2) is 16.6 Å². The van der Waals surface area contributed by atoms with Crippen LogP contribution in [0.1, 0.15) is 24.7 Å². The van der Waals surface area contributed by atoms with Crippen molar-refractivity contribution in [3.8, 4) is 11.8 Å². The molecule has 3 rings (SSSR count). The summed E-state index contributed by atoms with van der Waals surface area (Å²) in [5.74, 6) is 1.38. The normalized spacial score (nSPS) is 11.5. The molecule has 126 valence electrons. The van der Waals surface area contributed by atoms with Crippen molar-refractivity contribution >= 4 is 67.9 Å². The van der Waals surface area contributed by atoms with Gasteiger partial charge in [-0.05, 0) is 81.9 Å². The van der Waals surface area contributed by atoms with Crippen LogP contribution >= 0.6 is 45.2 Å². The van der Waals surface area contributed by atoms with Crippen molar-refractivity contribution in [3.05, 3.63) is 54.9 Å². The average molecular weight is 555 g/mol. The molecule has 0 radical (unpaired) electrons. The van der Waals surface area contributed by atoms with E-state index < -0.39 is 0 Å². The zero-order chi connectivity index (χ0) is 17.8. The first-order chi connectivity index (χ1) is 12.1. The molecule has 0 atom stereocenters.